The van der Waals surface area contributed by atoms with Crippen LogP contribution in [0.2, 0.25) is 0 Å². The first-order valence-corrected chi connectivity index (χ1v) is 12.0. The maximum atomic E-state index is 13.2. The molecule has 0 saturated carbocycles. The van der Waals surface area contributed by atoms with E-state index in [1.54, 1.807) is 67.1 Å². The number of nitrogens with zero attached hydrogens (tertiary/aromatic N) is 2. The average Bonchev–Trinajstić information content (AvgIpc) is 3.30. The Balaban J connectivity index is 1.56. The van der Waals surface area contributed by atoms with Crippen molar-refractivity contribution in [3.05, 3.63) is 94.8 Å². The topological polar surface area (TPSA) is 126 Å². The van der Waals surface area contributed by atoms with Gasteiger partial charge < -0.3 is 10.3 Å². The molecule has 170 valence electrons. The van der Waals surface area contributed by atoms with Crippen LogP contribution >= 0.6 is 0 Å². The minimum Gasteiger partial charge on any atom is -0.354 e. The second-order valence-corrected chi connectivity index (χ2v) is 9.25. The number of aromatic amines is 1. The van der Waals surface area contributed by atoms with E-state index in [1.807, 2.05) is 0 Å². The molecule has 9 nitrogen and oxygen atoms in total. The fraction of sp³-hybridized carbons (Fsp3) is 0.174. The molecule has 2 aromatic carbocycles. The smallest absolute Gasteiger partial charge is 0.275 e. The molecule has 0 unspecified atom stereocenters. The average molecular weight is 466 g/mol. The minimum absolute atomic E-state index is 0.102. The Morgan fingerprint density at radius 1 is 1.06 bits per heavy atom. The SMILES string of the molecule is O=C(Cn1c(=O)c(NS(=O)(=O)Cc2ccccc2)cc2ccccc21)NCCc1cnc[nH]1. The van der Waals surface area contributed by atoms with Crippen molar-refractivity contribution in [1.29, 1.82) is 0 Å². The van der Waals surface area contributed by atoms with Gasteiger partial charge in [0.05, 0.1) is 17.6 Å². The van der Waals surface area contributed by atoms with Crippen molar-refractivity contribution >= 4 is 32.5 Å². The second kappa shape index (κ2) is 9.70. The number of aromatic nitrogens is 3. The van der Waals surface area contributed by atoms with Crippen LogP contribution in [0.15, 0.2) is 78.0 Å². The molecule has 4 aromatic rings. The van der Waals surface area contributed by atoms with Gasteiger partial charge in [0.25, 0.3) is 5.56 Å². The summed E-state index contributed by atoms with van der Waals surface area (Å²) in [5.41, 5.74) is 1.33. The molecule has 0 fully saturated rings. The number of rotatable bonds is 9. The Labute approximate surface area is 190 Å². The van der Waals surface area contributed by atoms with Gasteiger partial charge in [-0.1, -0.05) is 48.5 Å². The molecular weight excluding hydrogens is 442 g/mol. The number of H-pyrrole nitrogens is 1. The van der Waals surface area contributed by atoms with Crippen LogP contribution in [0.1, 0.15) is 11.3 Å². The lowest BCUT2D eigenvalue weighted by molar-refractivity contribution is -0.121. The molecule has 0 aliphatic carbocycles. The van der Waals surface area contributed by atoms with Gasteiger partial charge in [-0.2, -0.15) is 0 Å². The molecule has 10 heteroatoms. The summed E-state index contributed by atoms with van der Waals surface area (Å²) in [5, 5.41) is 3.42. The zero-order valence-corrected chi connectivity index (χ0v) is 18.5. The second-order valence-electron chi connectivity index (χ2n) is 7.53. The number of benzene rings is 2. The number of para-hydroxylation sites is 1. The molecule has 0 aliphatic heterocycles. The van der Waals surface area contributed by atoms with Crippen molar-refractivity contribution in [3.63, 3.8) is 0 Å². The quantitative estimate of drug-likeness (QED) is 0.349. The van der Waals surface area contributed by atoms with Crippen LogP contribution < -0.4 is 15.6 Å². The third-order valence-corrected chi connectivity index (χ3v) is 6.29. The predicted molar refractivity (Wildman–Crippen MR) is 126 cm³/mol. The zero-order valence-electron chi connectivity index (χ0n) is 17.7. The molecule has 3 N–H and O–H groups in total. The third-order valence-electron chi connectivity index (χ3n) is 5.04. The minimum atomic E-state index is -3.84. The Morgan fingerprint density at radius 3 is 2.58 bits per heavy atom. The standard InChI is InChI=1S/C23H23N5O4S/c29-22(25-11-10-19-13-24-16-26-19)14-28-21-9-5-4-8-18(21)12-20(23(28)30)27-33(31,32)15-17-6-2-1-3-7-17/h1-9,12-13,16,27H,10-11,14-15H2,(H,24,26)(H,25,29). The first-order valence-electron chi connectivity index (χ1n) is 10.3. The summed E-state index contributed by atoms with van der Waals surface area (Å²) in [4.78, 5) is 32.6. The lowest BCUT2D eigenvalue weighted by atomic mass is 10.2. The number of carbonyl (C=O) groups excluding carboxylic acids is 1. The van der Waals surface area contributed by atoms with Crippen LogP contribution in [0.5, 0.6) is 0 Å². The number of fused-ring (bicyclic) bond motifs is 1. The molecule has 0 atom stereocenters. The Hall–Kier alpha value is -3.92. The highest BCUT2D eigenvalue weighted by molar-refractivity contribution is 7.91. The maximum Gasteiger partial charge on any atom is 0.275 e. The highest BCUT2D eigenvalue weighted by Gasteiger charge is 2.18. The molecular formula is C23H23N5O4S. The number of carbonyl (C=O) groups is 1. The van der Waals surface area contributed by atoms with E-state index >= 15 is 0 Å². The van der Waals surface area contributed by atoms with E-state index in [1.165, 1.54) is 10.6 Å². The monoisotopic (exact) mass is 465 g/mol. The highest BCUT2D eigenvalue weighted by atomic mass is 32.2. The van der Waals surface area contributed by atoms with Gasteiger partial charge in [0.15, 0.2) is 0 Å². The Bertz CT molecular complexity index is 1410. The summed E-state index contributed by atoms with van der Waals surface area (Å²) < 4.78 is 29.1. The molecule has 0 radical (unpaired) electrons. The Kier molecular flexibility index (Phi) is 6.55. The lowest BCUT2D eigenvalue weighted by Gasteiger charge is -2.14. The lowest BCUT2D eigenvalue weighted by Crippen LogP contribution is -2.35. The normalized spacial score (nSPS) is 11.4. The number of anilines is 1. The van der Waals surface area contributed by atoms with Crippen molar-refractivity contribution in [2.24, 2.45) is 0 Å². The fourth-order valence-electron chi connectivity index (χ4n) is 3.51. The predicted octanol–water partition coefficient (Wildman–Crippen LogP) is 2.03. The first kappa shape index (κ1) is 22.3. The van der Waals surface area contributed by atoms with Crippen LogP contribution in [0.4, 0.5) is 5.69 Å². The van der Waals surface area contributed by atoms with Crippen molar-refractivity contribution in [2.75, 3.05) is 11.3 Å². The molecule has 0 aliphatic rings. The van der Waals surface area contributed by atoms with Gasteiger partial charge in [0.1, 0.15) is 12.2 Å². The van der Waals surface area contributed by atoms with E-state index < -0.39 is 15.6 Å². The summed E-state index contributed by atoms with van der Waals surface area (Å²) in [5.74, 6) is -0.625. The number of sulfonamides is 1. The van der Waals surface area contributed by atoms with E-state index in [9.17, 15) is 18.0 Å². The van der Waals surface area contributed by atoms with Gasteiger partial charge in [0, 0.05) is 30.2 Å². The molecule has 1 amide bonds. The van der Waals surface area contributed by atoms with Gasteiger partial charge in [0.2, 0.25) is 15.9 Å². The summed E-state index contributed by atoms with van der Waals surface area (Å²) in [6.07, 6.45) is 3.81. The Morgan fingerprint density at radius 2 is 1.82 bits per heavy atom. The summed E-state index contributed by atoms with van der Waals surface area (Å²) in [6, 6.07) is 17.2. The van der Waals surface area contributed by atoms with Crippen molar-refractivity contribution < 1.29 is 13.2 Å². The zero-order chi connectivity index (χ0) is 23.3. The van der Waals surface area contributed by atoms with Crippen molar-refractivity contribution in [1.82, 2.24) is 19.9 Å². The molecule has 2 aromatic heterocycles. The largest absolute Gasteiger partial charge is 0.354 e. The van der Waals surface area contributed by atoms with Gasteiger partial charge in [-0.05, 0) is 17.7 Å². The molecule has 33 heavy (non-hydrogen) atoms. The van der Waals surface area contributed by atoms with E-state index in [0.717, 1.165) is 5.69 Å². The third kappa shape index (κ3) is 5.66. The van der Waals surface area contributed by atoms with E-state index in [0.29, 0.717) is 29.4 Å². The van der Waals surface area contributed by atoms with Crippen molar-refractivity contribution in [2.45, 2.75) is 18.7 Å². The van der Waals surface area contributed by atoms with Crippen LogP contribution in [0, 0.1) is 0 Å². The number of pyridine rings is 1. The number of hydrogen-bond acceptors (Lipinski definition) is 5. The molecule has 4 rings (SSSR count). The van der Waals surface area contributed by atoms with Crippen LogP contribution in [-0.4, -0.2) is 35.4 Å². The highest BCUT2D eigenvalue weighted by Crippen LogP contribution is 2.18. The van der Waals surface area contributed by atoms with Crippen LogP contribution in [-0.2, 0) is 33.5 Å². The van der Waals surface area contributed by atoms with Gasteiger partial charge >= 0.3 is 0 Å². The molecule has 0 bridgehead atoms. The molecule has 0 spiro atoms. The summed E-state index contributed by atoms with van der Waals surface area (Å²) >= 11 is 0. The molecule has 2 heterocycles. The van der Waals surface area contributed by atoms with Crippen LogP contribution in [0.3, 0.4) is 0 Å². The van der Waals surface area contributed by atoms with E-state index in [4.69, 9.17) is 0 Å². The van der Waals surface area contributed by atoms with Gasteiger partial charge in [-0.3, -0.25) is 18.9 Å². The number of hydrogen-bond donors (Lipinski definition) is 3. The van der Waals surface area contributed by atoms with Crippen LogP contribution in [0.25, 0.3) is 10.9 Å². The van der Waals surface area contributed by atoms with E-state index in [2.05, 4.69) is 20.0 Å². The molecule has 0 saturated heterocycles. The first-order chi connectivity index (χ1) is 15.9. The number of imidazole rings is 1. The van der Waals surface area contributed by atoms with Gasteiger partial charge in [-0.25, -0.2) is 13.4 Å². The summed E-state index contributed by atoms with van der Waals surface area (Å²) in [7, 11) is -3.84. The maximum absolute atomic E-state index is 13.2. The number of nitrogens with one attached hydrogen (secondary N) is 3. The number of amides is 1. The van der Waals surface area contributed by atoms with Crippen molar-refractivity contribution in [3.8, 4) is 0 Å². The summed E-state index contributed by atoms with van der Waals surface area (Å²) in [6.45, 7) is 0.133. The fourth-order valence-corrected chi connectivity index (χ4v) is 4.70. The van der Waals surface area contributed by atoms with E-state index in [-0.39, 0.29) is 23.9 Å². The van der Waals surface area contributed by atoms with Gasteiger partial charge in [-0.15, -0.1) is 0 Å².